The van der Waals surface area contributed by atoms with E-state index in [2.05, 4.69) is 5.73 Å². The second-order valence-corrected chi connectivity index (χ2v) is 8.90. The predicted molar refractivity (Wildman–Crippen MR) is 122 cm³/mol. The Morgan fingerprint density at radius 2 is 1.81 bits per heavy atom. The minimum atomic E-state index is -1.48. The molecule has 1 aliphatic heterocycles. The summed E-state index contributed by atoms with van der Waals surface area (Å²) in [6.07, 6.45) is 10.1. The third-order valence-corrected chi connectivity index (χ3v) is 7.04. The van der Waals surface area contributed by atoms with Crippen LogP contribution >= 0.6 is 0 Å². The maximum Gasteiger partial charge on any atom is 0.316 e. The molecule has 0 aromatic heterocycles. The number of hydrogen-bond donors (Lipinski definition) is 0. The summed E-state index contributed by atoms with van der Waals surface area (Å²) in [7, 11) is -0.0861. The highest BCUT2D eigenvalue weighted by Gasteiger charge is 2.44. The lowest BCUT2D eigenvalue weighted by molar-refractivity contribution is -0.151. The lowest BCUT2D eigenvalue weighted by Gasteiger charge is -2.36. The second kappa shape index (κ2) is 9.96. The molecule has 0 amide bonds. The summed E-state index contributed by atoms with van der Waals surface area (Å²) in [6.45, 7) is 0.910. The normalized spacial score (nSPS) is 17.8. The van der Waals surface area contributed by atoms with Crippen molar-refractivity contribution in [3.05, 3.63) is 96.0 Å². The molecule has 0 N–H and O–H groups in total. The van der Waals surface area contributed by atoms with Gasteiger partial charge in [-0.15, -0.1) is 5.73 Å². The molecule has 1 atom stereocenters. The molecule has 2 aromatic carbocycles. The van der Waals surface area contributed by atoms with Crippen LogP contribution in [-0.4, -0.2) is 30.5 Å². The fourth-order valence-corrected chi connectivity index (χ4v) is 5.22. The van der Waals surface area contributed by atoms with Gasteiger partial charge in [-0.2, -0.15) is 0 Å². The molecule has 164 valence electrons. The highest BCUT2D eigenvalue weighted by atomic mass is 32.2. The second-order valence-electron chi connectivity index (χ2n) is 7.46. The monoisotopic (exact) mass is 448 g/mol. The number of esters is 1. The lowest BCUT2D eigenvalue weighted by atomic mass is 9.74. The quantitative estimate of drug-likeness (QED) is 0.477. The molecular weight excluding hydrogens is 424 g/mol. The molecule has 2 aliphatic rings. The van der Waals surface area contributed by atoms with Crippen LogP contribution in [0.4, 0.5) is 0 Å². The van der Waals surface area contributed by atoms with Crippen LogP contribution < -0.4 is 4.74 Å². The van der Waals surface area contributed by atoms with E-state index in [4.69, 9.17) is 14.2 Å². The van der Waals surface area contributed by atoms with E-state index in [0.717, 1.165) is 5.56 Å². The summed E-state index contributed by atoms with van der Waals surface area (Å²) in [5.74, 6) is 0.977. The van der Waals surface area contributed by atoms with Crippen molar-refractivity contribution in [3.63, 3.8) is 0 Å². The van der Waals surface area contributed by atoms with Gasteiger partial charge >= 0.3 is 5.97 Å². The van der Waals surface area contributed by atoms with E-state index in [-0.39, 0.29) is 5.97 Å². The number of ether oxygens (including phenoxy) is 3. The Bertz CT molecular complexity index is 1130. The van der Waals surface area contributed by atoms with Crippen molar-refractivity contribution in [2.24, 2.45) is 0 Å². The van der Waals surface area contributed by atoms with E-state index < -0.39 is 16.2 Å². The summed E-state index contributed by atoms with van der Waals surface area (Å²) < 4.78 is 30.1. The average molecular weight is 449 g/mol. The molecule has 4 rings (SSSR count). The van der Waals surface area contributed by atoms with Gasteiger partial charge in [0.15, 0.2) is 0 Å². The standard InChI is InChI=1S/C26H24O5S/c1-29-25(27)26(16-18-30-19-17-26)23-10-6-7-11-24(23)32(28)22-14-12-21(13-15-22)31-20-8-4-2-3-5-9-20/h2-4,6-15H,16-19H2,1H3. The molecular formula is C26H24O5S. The smallest absolute Gasteiger partial charge is 0.316 e. The molecule has 1 aliphatic carbocycles. The summed E-state index contributed by atoms with van der Waals surface area (Å²) >= 11 is 0. The van der Waals surface area contributed by atoms with Crippen molar-refractivity contribution in [1.29, 1.82) is 0 Å². The van der Waals surface area contributed by atoms with Crippen molar-refractivity contribution in [1.82, 2.24) is 0 Å². The minimum Gasteiger partial charge on any atom is -0.468 e. The number of rotatable bonds is 6. The number of hydrogen-bond acceptors (Lipinski definition) is 5. The Kier molecular flexibility index (Phi) is 6.86. The molecule has 1 heterocycles. The first-order valence-electron chi connectivity index (χ1n) is 10.4. The largest absolute Gasteiger partial charge is 0.468 e. The Labute approximate surface area is 190 Å². The SMILES string of the molecule is COC(=O)C1(c2ccccc2S(=O)c2ccc(OC3=CC=CC=C=C3)cc2)CCOCC1. The molecule has 0 spiro atoms. The van der Waals surface area contributed by atoms with Gasteiger partial charge in [0.25, 0.3) is 0 Å². The number of carbonyl (C=O) groups excluding carboxylic acids is 1. The lowest BCUT2D eigenvalue weighted by Crippen LogP contribution is -2.43. The first-order chi connectivity index (χ1) is 15.6. The zero-order valence-corrected chi connectivity index (χ0v) is 18.6. The van der Waals surface area contributed by atoms with Crippen LogP contribution in [0.15, 0.2) is 100 Å². The van der Waals surface area contributed by atoms with Gasteiger partial charge in [0.1, 0.15) is 11.5 Å². The van der Waals surface area contributed by atoms with E-state index in [1.807, 2.05) is 42.5 Å². The van der Waals surface area contributed by atoms with Crippen LogP contribution in [0.5, 0.6) is 5.75 Å². The van der Waals surface area contributed by atoms with E-state index in [9.17, 15) is 9.00 Å². The van der Waals surface area contributed by atoms with Crippen molar-refractivity contribution < 1.29 is 23.2 Å². The summed E-state index contributed by atoms with van der Waals surface area (Å²) in [5, 5.41) is 0. The van der Waals surface area contributed by atoms with E-state index in [0.29, 0.717) is 47.4 Å². The Morgan fingerprint density at radius 3 is 2.56 bits per heavy atom. The zero-order chi connectivity index (χ0) is 22.4. The third kappa shape index (κ3) is 4.53. The molecule has 0 saturated carbocycles. The summed E-state index contributed by atoms with van der Waals surface area (Å²) in [4.78, 5) is 14.1. The predicted octanol–water partition coefficient (Wildman–Crippen LogP) is 4.62. The fourth-order valence-electron chi connectivity index (χ4n) is 3.92. The fraction of sp³-hybridized carbons (Fsp3) is 0.231. The van der Waals surface area contributed by atoms with Crippen LogP contribution in [0.25, 0.3) is 0 Å². The maximum atomic E-state index is 13.6. The topological polar surface area (TPSA) is 61.8 Å². The van der Waals surface area contributed by atoms with Gasteiger partial charge in [-0.05, 0) is 60.9 Å². The molecule has 1 unspecified atom stereocenters. The molecule has 1 saturated heterocycles. The van der Waals surface area contributed by atoms with E-state index in [1.54, 1.807) is 36.4 Å². The van der Waals surface area contributed by atoms with Gasteiger partial charge in [-0.1, -0.05) is 30.4 Å². The molecule has 32 heavy (non-hydrogen) atoms. The maximum absolute atomic E-state index is 13.6. The van der Waals surface area contributed by atoms with Crippen LogP contribution in [0.1, 0.15) is 18.4 Å². The van der Waals surface area contributed by atoms with Gasteiger partial charge in [-0.25, -0.2) is 4.21 Å². The van der Waals surface area contributed by atoms with Gasteiger partial charge in [0.05, 0.1) is 23.3 Å². The first-order valence-corrected chi connectivity index (χ1v) is 11.5. The molecule has 5 nitrogen and oxygen atoms in total. The number of carbonyl (C=O) groups is 1. The van der Waals surface area contributed by atoms with Crippen LogP contribution in [0, 0.1) is 0 Å². The van der Waals surface area contributed by atoms with E-state index >= 15 is 0 Å². The highest BCUT2D eigenvalue weighted by Crippen LogP contribution is 2.40. The average Bonchev–Trinajstić information content (AvgIpc) is 3.12. The van der Waals surface area contributed by atoms with Crippen molar-refractivity contribution in [2.75, 3.05) is 20.3 Å². The van der Waals surface area contributed by atoms with Crippen molar-refractivity contribution >= 4 is 16.8 Å². The van der Waals surface area contributed by atoms with Gasteiger partial charge < -0.3 is 14.2 Å². The zero-order valence-electron chi connectivity index (χ0n) is 17.8. The van der Waals surface area contributed by atoms with Gasteiger partial charge in [0.2, 0.25) is 0 Å². The Balaban J connectivity index is 1.63. The first kappa shape index (κ1) is 22.0. The van der Waals surface area contributed by atoms with Crippen LogP contribution in [0.3, 0.4) is 0 Å². The molecule has 2 aromatic rings. The number of benzene rings is 2. The highest BCUT2D eigenvalue weighted by molar-refractivity contribution is 7.85. The van der Waals surface area contributed by atoms with E-state index in [1.165, 1.54) is 7.11 Å². The van der Waals surface area contributed by atoms with Crippen molar-refractivity contribution in [3.8, 4) is 5.75 Å². The third-order valence-electron chi connectivity index (χ3n) is 5.59. The van der Waals surface area contributed by atoms with Gasteiger partial charge in [-0.3, -0.25) is 4.79 Å². The minimum absolute atomic E-state index is 0.318. The van der Waals surface area contributed by atoms with Crippen LogP contribution in [-0.2, 0) is 30.5 Å². The number of allylic oxidation sites excluding steroid dienone is 4. The van der Waals surface area contributed by atoms with Crippen molar-refractivity contribution in [2.45, 2.75) is 28.0 Å². The molecule has 0 radical (unpaired) electrons. The number of methoxy groups -OCH3 is 1. The Hall–Kier alpha value is -3.18. The van der Waals surface area contributed by atoms with Crippen LogP contribution in [0.2, 0.25) is 0 Å². The molecule has 0 bridgehead atoms. The Morgan fingerprint density at radius 1 is 1.06 bits per heavy atom. The summed E-state index contributed by atoms with van der Waals surface area (Å²) in [6, 6.07) is 14.5. The molecule has 1 fully saturated rings. The molecule has 6 heteroatoms. The van der Waals surface area contributed by atoms with Gasteiger partial charge in [0, 0.05) is 29.1 Å². The summed E-state index contributed by atoms with van der Waals surface area (Å²) in [5.41, 5.74) is 2.88.